The van der Waals surface area contributed by atoms with Gasteiger partial charge in [-0.05, 0) is 18.9 Å². The number of carbonyl (C=O) groups is 3. The number of rotatable bonds is 3. The fourth-order valence-electron chi connectivity index (χ4n) is 2.56. The predicted molar refractivity (Wildman–Crippen MR) is 64.2 cm³/mol. The summed E-state index contributed by atoms with van der Waals surface area (Å²) >= 11 is 0. The lowest BCUT2D eigenvalue weighted by Gasteiger charge is -2.22. The zero-order valence-electron chi connectivity index (χ0n) is 10.4. The summed E-state index contributed by atoms with van der Waals surface area (Å²) in [5.41, 5.74) is -0.0390. The number of hydrogen-bond donors (Lipinski definition) is 0. The number of carbonyl (C=O) groups excluding carboxylic acids is 3. The Morgan fingerprint density at radius 3 is 2.56 bits per heavy atom. The zero-order valence-corrected chi connectivity index (χ0v) is 10.4. The second-order valence-corrected chi connectivity index (χ2v) is 4.62. The van der Waals surface area contributed by atoms with Gasteiger partial charge in [0.1, 0.15) is 11.2 Å². The molecule has 18 heavy (non-hydrogen) atoms. The first-order valence-electron chi connectivity index (χ1n) is 5.72. The van der Waals surface area contributed by atoms with E-state index < -0.39 is 11.4 Å². The molecule has 0 radical (unpaired) electrons. The first kappa shape index (κ1) is 12.5. The molecule has 0 aliphatic heterocycles. The van der Waals surface area contributed by atoms with Crippen molar-refractivity contribution >= 4 is 17.5 Å². The molecule has 0 fully saturated rings. The van der Waals surface area contributed by atoms with Crippen LogP contribution in [0.3, 0.4) is 0 Å². The van der Waals surface area contributed by atoms with Crippen LogP contribution in [0.25, 0.3) is 0 Å². The van der Waals surface area contributed by atoms with Crippen LogP contribution < -0.4 is 0 Å². The summed E-state index contributed by atoms with van der Waals surface area (Å²) in [7, 11) is 1.24. The Hall–Kier alpha value is -1.97. The van der Waals surface area contributed by atoms with E-state index in [4.69, 9.17) is 4.74 Å². The molecule has 2 rings (SSSR count). The molecule has 1 unspecified atom stereocenters. The van der Waals surface area contributed by atoms with Gasteiger partial charge in [0, 0.05) is 12.0 Å². The summed E-state index contributed by atoms with van der Waals surface area (Å²) in [6, 6.07) is 7.05. The maximum absolute atomic E-state index is 12.4. The van der Waals surface area contributed by atoms with Crippen LogP contribution in [0.5, 0.6) is 0 Å². The second-order valence-electron chi connectivity index (χ2n) is 4.62. The third kappa shape index (κ3) is 1.74. The average molecular weight is 246 g/mol. The fourth-order valence-corrected chi connectivity index (χ4v) is 2.56. The molecule has 1 aliphatic carbocycles. The van der Waals surface area contributed by atoms with Gasteiger partial charge in [-0.1, -0.05) is 24.3 Å². The van der Waals surface area contributed by atoms with Crippen molar-refractivity contribution < 1.29 is 19.1 Å². The average Bonchev–Trinajstić information content (AvgIpc) is 2.62. The van der Waals surface area contributed by atoms with Gasteiger partial charge in [-0.2, -0.15) is 0 Å². The number of esters is 1. The SMILES string of the molecule is COC(=O)C1(CC(C)=O)Cc2ccccc2C1=O. The summed E-state index contributed by atoms with van der Waals surface area (Å²) in [4.78, 5) is 35.7. The van der Waals surface area contributed by atoms with E-state index >= 15 is 0 Å². The summed E-state index contributed by atoms with van der Waals surface area (Å²) in [6.07, 6.45) is 0.140. The van der Waals surface area contributed by atoms with Crippen LogP contribution in [0.2, 0.25) is 0 Å². The van der Waals surface area contributed by atoms with E-state index in [-0.39, 0.29) is 24.4 Å². The van der Waals surface area contributed by atoms with E-state index in [1.807, 2.05) is 6.07 Å². The number of ether oxygens (including phenoxy) is 1. The number of ketones is 2. The van der Waals surface area contributed by atoms with Gasteiger partial charge in [0.15, 0.2) is 5.78 Å². The number of methoxy groups -OCH3 is 1. The minimum Gasteiger partial charge on any atom is -0.468 e. The van der Waals surface area contributed by atoms with Crippen molar-refractivity contribution in [2.24, 2.45) is 5.41 Å². The van der Waals surface area contributed by atoms with Crippen LogP contribution in [-0.2, 0) is 20.7 Å². The highest BCUT2D eigenvalue weighted by molar-refractivity contribution is 6.17. The molecule has 4 heteroatoms. The normalized spacial score (nSPS) is 21.6. The quantitative estimate of drug-likeness (QED) is 0.600. The molecule has 0 bridgehead atoms. The van der Waals surface area contributed by atoms with E-state index in [1.54, 1.807) is 18.2 Å². The molecular formula is C14H14O4. The molecular weight excluding hydrogens is 232 g/mol. The lowest BCUT2D eigenvalue weighted by molar-refractivity contribution is -0.151. The summed E-state index contributed by atoms with van der Waals surface area (Å²) in [5, 5.41) is 0. The third-order valence-electron chi connectivity index (χ3n) is 3.32. The maximum atomic E-state index is 12.4. The van der Waals surface area contributed by atoms with Crippen LogP contribution in [-0.4, -0.2) is 24.6 Å². The molecule has 4 nitrogen and oxygen atoms in total. The number of hydrogen-bond acceptors (Lipinski definition) is 4. The van der Waals surface area contributed by atoms with E-state index in [1.165, 1.54) is 14.0 Å². The highest BCUT2D eigenvalue weighted by Gasteiger charge is 2.52. The van der Waals surface area contributed by atoms with Gasteiger partial charge in [-0.3, -0.25) is 14.4 Å². The van der Waals surface area contributed by atoms with Crippen molar-refractivity contribution in [3.05, 3.63) is 35.4 Å². The Morgan fingerprint density at radius 1 is 1.33 bits per heavy atom. The minimum absolute atomic E-state index is 0.104. The van der Waals surface area contributed by atoms with E-state index in [0.29, 0.717) is 5.56 Å². The van der Waals surface area contributed by atoms with E-state index in [9.17, 15) is 14.4 Å². The van der Waals surface area contributed by atoms with Crippen molar-refractivity contribution in [1.82, 2.24) is 0 Å². The lowest BCUT2D eigenvalue weighted by atomic mass is 9.79. The molecule has 1 aromatic rings. The topological polar surface area (TPSA) is 60.4 Å². The van der Waals surface area contributed by atoms with Gasteiger partial charge >= 0.3 is 5.97 Å². The standard InChI is InChI=1S/C14H14O4/c1-9(15)7-14(13(17)18-2)8-10-5-3-4-6-11(10)12(14)16/h3-6H,7-8H2,1-2H3. The molecule has 0 spiro atoms. The molecule has 1 aliphatic rings. The van der Waals surface area contributed by atoms with Crippen molar-refractivity contribution in [3.8, 4) is 0 Å². The van der Waals surface area contributed by atoms with Gasteiger partial charge in [0.25, 0.3) is 0 Å². The smallest absolute Gasteiger partial charge is 0.320 e. The molecule has 94 valence electrons. The molecule has 0 N–H and O–H groups in total. The second kappa shape index (κ2) is 4.37. The first-order chi connectivity index (χ1) is 8.51. The molecule has 0 saturated heterocycles. The van der Waals surface area contributed by atoms with Crippen LogP contribution in [0, 0.1) is 5.41 Å². The first-order valence-corrected chi connectivity index (χ1v) is 5.72. The van der Waals surface area contributed by atoms with Gasteiger partial charge < -0.3 is 4.74 Å². The predicted octanol–water partition coefficient (Wildman–Crippen LogP) is 1.56. The van der Waals surface area contributed by atoms with Crippen LogP contribution in [0.4, 0.5) is 0 Å². The number of Topliss-reactive ketones (excluding diaryl/α,β-unsaturated/α-hetero) is 2. The highest BCUT2D eigenvalue weighted by atomic mass is 16.5. The Morgan fingerprint density at radius 2 is 2.00 bits per heavy atom. The van der Waals surface area contributed by atoms with Crippen molar-refractivity contribution in [2.75, 3.05) is 7.11 Å². The van der Waals surface area contributed by atoms with Gasteiger partial charge in [0.2, 0.25) is 0 Å². The monoisotopic (exact) mass is 246 g/mol. The van der Waals surface area contributed by atoms with Gasteiger partial charge in [-0.15, -0.1) is 0 Å². The summed E-state index contributed by atoms with van der Waals surface area (Å²) < 4.78 is 4.73. The Kier molecular flexibility index (Phi) is 3.03. The lowest BCUT2D eigenvalue weighted by Crippen LogP contribution is -2.39. The van der Waals surface area contributed by atoms with Gasteiger partial charge in [-0.25, -0.2) is 0 Å². The largest absolute Gasteiger partial charge is 0.468 e. The van der Waals surface area contributed by atoms with Crippen LogP contribution in [0.15, 0.2) is 24.3 Å². The van der Waals surface area contributed by atoms with Gasteiger partial charge in [0.05, 0.1) is 7.11 Å². The van der Waals surface area contributed by atoms with E-state index in [2.05, 4.69) is 0 Å². The molecule has 1 aromatic carbocycles. The van der Waals surface area contributed by atoms with E-state index in [0.717, 1.165) is 5.56 Å². The Labute approximate surface area is 105 Å². The molecule has 0 saturated carbocycles. The Balaban J connectivity index is 2.50. The van der Waals surface area contributed by atoms with Crippen molar-refractivity contribution in [1.29, 1.82) is 0 Å². The highest BCUT2D eigenvalue weighted by Crippen LogP contribution is 2.40. The molecule has 1 atom stereocenters. The van der Waals surface area contributed by atoms with Crippen LogP contribution in [0.1, 0.15) is 29.3 Å². The Bertz CT molecular complexity index is 532. The van der Waals surface area contributed by atoms with Crippen molar-refractivity contribution in [2.45, 2.75) is 19.8 Å². The van der Waals surface area contributed by atoms with Crippen molar-refractivity contribution in [3.63, 3.8) is 0 Å². The number of benzene rings is 1. The molecule has 0 amide bonds. The summed E-state index contributed by atoms with van der Waals surface area (Å²) in [6.45, 7) is 1.38. The molecule has 0 heterocycles. The third-order valence-corrected chi connectivity index (χ3v) is 3.32. The summed E-state index contributed by atoms with van der Waals surface area (Å²) in [5.74, 6) is -1.12. The maximum Gasteiger partial charge on any atom is 0.320 e. The zero-order chi connectivity index (χ0) is 13.3. The number of fused-ring (bicyclic) bond motifs is 1. The minimum atomic E-state index is -1.36. The molecule has 0 aromatic heterocycles. The fraction of sp³-hybridized carbons (Fsp3) is 0.357. The van der Waals surface area contributed by atoms with Crippen LogP contribution >= 0.6 is 0 Å².